The fourth-order valence-corrected chi connectivity index (χ4v) is 0. The van der Waals surface area contributed by atoms with Crippen molar-refractivity contribution in [1.82, 2.24) is 0 Å². The molecular weight excluding hydrogens is 792 g/mol. The number of rotatable bonds is 0. The van der Waals surface area contributed by atoms with Crippen molar-refractivity contribution in [3.63, 3.8) is 0 Å². The summed E-state index contributed by atoms with van der Waals surface area (Å²) >= 11 is 0. The van der Waals surface area contributed by atoms with Crippen molar-refractivity contribution in [1.29, 1.82) is 0 Å². The quantitative estimate of drug-likeness (QED) is 0.0783. The van der Waals surface area contributed by atoms with E-state index in [4.69, 9.17) is 0 Å². The van der Waals surface area contributed by atoms with Crippen LogP contribution in [0.5, 0.6) is 0 Å². The van der Waals surface area contributed by atoms with Crippen LogP contribution in [0.1, 0.15) is 29.7 Å². The molecule has 0 bridgehead atoms. The van der Waals surface area contributed by atoms with Gasteiger partial charge in [-0.05, 0) is 0 Å². The minimum Gasteiger partial charge on any atom is -1.00 e. The molecule has 0 fully saturated rings. The molecule has 0 aliphatic rings. The molecule has 0 aromatic heterocycles. The Hall–Kier alpha value is 8.10. The molecule has 0 amide bonds. The Bertz CT molecular complexity index is 33.8. The van der Waals surface area contributed by atoms with Crippen LogP contribution in [0.25, 0.3) is 0 Å². The van der Waals surface area contributed by atoms with Crippen LogP contribution in [0.15, 0.2) is 0 Å². The second-order valence-corrected chi connectivity index (χ2v) is 0. The van der Waals surface area contributed by atoms with E-state index in [2.05, 4.69) is 0 Å². The van der Waals surface area contributed by atoms with Gasteiger partial charge in [-0.15, -0.1) is 71.9 Å². The fraction of sp³-hybridized carbons (Fsp3) is 1.00. The summed E-state index contributed by atoms with van der Waals surface area (Å²) in [7, 11) is 0. The smallest absolute Gasteiger partial charge is 1.00 e. The van der Waals surface area contributed by atoms with Gasteiger partial charge < -0.3 is 37.5 Å². The number of hydrogen-bond donors (Lipinski definition) is 0. The third kappa shape index (κ3) is 136. The van der Waals surface area contributed by atoms with Gasteiger partial charge in [0.15, 0.2) is 0 Å². The predicted octanol–water partition coefficient (Wildman–Crippen LogP) is -4.52. The van der Waals surface area contributed by atoms with Crippen LogP contribution in [0.2, 0.25) is 0 Å². The van der Waals surface area contributed by atoms with Crippen LogP contribution < -0.4 is 127 Å². The van der Waals surface area contributed by atoms with Gasteiger partial charge in [-0.2, -0.15) is 46.8 Å². The summed E-state index contributed by atoms with van der Waals surface area (Å²) in [5.41, 5.74) is 0. The Balaban J connectivity index is 0. The van der Waals surface area contributed by atoms with Crippen molar-refractivity contribution < 1.29 is 127 Å². The minimum atomic E-state index is 0. The topological polar surface area (TPSA) is 0 Å². The zero-order valence-electron chi connectivity index (χ0n) is 6.46. The Morgan fingerprint density at radius 1 is 0.467 bits per heavy atom. The molecule has 0 saturated carbocycles. The molecule has 0 aliphatic carbocycles. The average Bonchev–Trinajstić information content (AvgIpc) is 0. The van der Waals surface area contributed by atoms with E-state index in [0.29, 0.717) is 0 Å². The Kier molecular flexibility index (Phi) is 1720. The first-order valence-electron chi connectivity index (χ1n) is 0. The molecule has 15 heavy (non-hydrogen) atoms. The Morgan fingerprint density at radius 3 is 0.467 bits per heavy atom. The molecule has 0 rings (SSSR count). The van der Waals surface area contributed by atoms with E-state index in [0.717, 1.165) is 0 Å². The van der Waals surface area contributed by atoms with Crippen molar-refractivity contribution >= 4 is 132 Å². The molecule has 104 valence electrons. The normalized spacial score (nSPS) is 0. The first kappa shape index (κ1) is 172. The summed E-state index contributed by atoms with van der Waals surface area (Å²) in [6.45, 7) is 0. The van der Waals surface area contributed by atoms with E-state index >= 15 is 0 Å². The monoisotopic (exact) mass is 822 g/mol. The molecule has 0 aliphatic heterocycles. The zero-order chi connectivity index (χ0) is 0. The van der Waals surface area contributed by atoms with E-state index in [9.17, 15) is 0 Å². The first-order chi connectivity index (χ1) is 0. The Labute approximate surface area is 280 Å². The third-order valence-corrected chi connectivity index (χ3v) is 0. The summed E-state index contributed by atoms with van der Waals surface area (Å²) in [6.07, 6.45) is 0. The van der Waals surface area contributed by atoms with Crippen molar-refractivity contribution in [3.8, 4) is 0 Å². The Morgan fingerprint density at radius 2 is 0.467 bits per heavy atom. The maximum Gasteiger partial charge on any atom is 1.00 e. The fourth-order valence-electron chi connectivity index (χ4n) is 0. The standard InChI is InChI=1S/4CH4.4HI.2K.2H3P.3H2S/h4*1H4;4*1H;;;2*1H3;3*1H2/q;;;;;;;;2*+1;;;;;/p-2. The van der Waals surface area contributed by atoms with E-state index in [-0.39, 0.29) is 289 Å². The number of hydrogen-bond acceptors (Lipinski definition) is 1. The van der Waals surface area contributed by atoms with Gasteiger partial charge in [0.05, 0.1) is 0 Å². The summed E-state index contributed by atoms with van der Waals surface area (Å²) in [5.74, 6) is 0. The van der Waals surface area contributed by atoms with Gasteiger partial charge in [0.2, 0.25) is 0 Å². The molecule has 0 N–H and O–H groups in total. The maximum atomic E-state index is 0. The summed E-state index contributed by atoms with van der Waals surface area (Å²) in [4.78, 5) is 0. The molecule has 0 radical (unpaired) electrons. The molecule has 0 aromatic carbocycles. The molecule has 2 unspecified atom stereocenters. The molecular formula is C4H30I4K2P2S3. The van der Waals surface area contributed by atoms with E-state index in [1.54, 1.807) is 0 Å². The van der Waals surface area contributed by atoms with Crippen LogP contribution in [0, 0.1) is 0 Å². The van der Waals surface area contributed by atoms with Crippen LogP contribution in [-0.4, -0.2) is 0 Å². The molecule has 0 aromatic rings. The van der Waals surface area contributed by atoms with Crippen LogP contribution in [0.3, 0.4) is 0 Å². The van der Waals surface area contributed by atoms with Gasteiger partial charge in [0, 0.05) is 0 Å². The van der Waals surface area contributed by atoms with Crippen molar-refractivity contribution in [2.24, 2.45) is 0 Å². The van der Waals surface area contributed by atoms with Crippen LogP contribution in [-0.2, 0) is 13.5 Å². The van der Waals surface area contributed by atoms with Gasteiger partial charge in [0.1, 0.15) is 0 Å². The van der Waals surface area contributed by atoms with E-state index in [1.165, 1.54) is 0 Å². The minimum absolute atomic E-state index is 0. The molecule has 0 saturated heterocycles. The van der Waals surface area contributed by atoms with Crippen molar-refractivity contribution in [2.45, 2.75) is 29.7 Å². The average molecular weight is 822 g/mol. The van der Waals surface area contributed by atoms with Gasteiger partial charge in [0.25, 0.3) is 0 Å². The van der Waals surface area contributed by atoms with Gasteiger partial charge >= 0.3 is 103 Å². The second kappa shape index (κ2) is 150. The summed E-state index contributed by atoms with van der Waals surface area (Å²) < 4.78 is 0. The van der Waals surface area contributed by atoms with Crippen LogP contribution >= 0.6 is 119 Å². The maximum absolute atomic E-state index is 0. The number of halogens is 4. The largest absolute Gasteiger partial charge is 1.00 e. The number of thiol groups is 1. The molecule has 0 nitrogen and oxygen atoms in total. The van der Waals surface area contributed by atoms with Crippen molar-refractivity contribution in [3.05, 3.63) is 0 Å². The summed E-state index contributed by atoms with van der Waals surface area (Å²) in [5, 5.41) is 0. The predicted molar refractivity (Wildman–Crippen MR) is 125 cm³/mol. The SMILES string of the molecule is C.C.C.C.I.I.I.P.P.S.S.[I-].[K+].[K+].[SH-]. The molecule has 0 heterocycles. The van der Waals surface area contributed by atoms with Gasteiger partial charge in [-0.3, -0.25) is 0 Å². The first-order valence-corrected chi connectivity index (χ1v) is 0. The van der Waals surface area contributed by atoms with Crippen molar-refractivity contribution in [2.75, 3.05) is 0 Å². The van der Waals surface area contributed by atoms with E-state index < -0.39 is 0 Å². The molecule has 11 heteroatoms. The van der Waals surface area contributed by atoms with Gasteiger partial charge in [-0.1, -0.05) is 29.7 Å². The summed E-state index contributed by atoms with van der Waals surface area (Å²) in [6, 6.07) is 0. The molecule has 0 spiro atoms. The van der Waals surface area contributed by atoms with Gasteiger partial charge in [-0.25, -0.2) is 0 Å². The zero-order valence-corrected chi connectivity index (χ0v) is 27.6. The van der Waals surface area contributed by atoms with E-state index in [1.807, 2.05) is 0 Å². The second-order valence-electron chi connectivity index (χ2n) is 0. The third-order valence-electron chi connectivity index (χ3n) is 0. The van der Waals surface area contributed by atoms with Crippen LogP contribution in [0.4, 0.5) is 0 Å². The molecule has 2 atom stereocenters.